The lowest BCUT2D eigenvalue weighted by atomic mass is 10.1. The van der Waals surface area contributed by atoms with E-state index in [0.29, 0.717) is 0 Å². The molecule has 4 heteroatoms. The van der Waals surface area contributed by atoms with Crippen LogP contribution in [-0.2, 0) is 9.53 Å². The number of anilines is 1. The van der Waals surface area contributed by atoms with E-state index in [2.05, 4.69) is 5.32 Å². The van der Waals surface area contributed by atoms with Crippen LogP contribution >= 0.6 is 0 Å². The number of carbonyl (C=O) groups is 1. The fourth-order valence-corrected chi connectivity index (χ4v) is 1.92. The zero-order chi connectivity index (χ0) is 14.8. The molecule has 0 spiro atoms. The van der Waals surface area contributed by atoms with Gasteiger partial charge in [0.25, 0.3) is 5.91 Å². The Morgan fingerprint density at radius 3 is 2.30 bits per heavy atom. The summed E-state index contributed by atoms with van der Waals surface area (Å²) in [6.07, 6.45) is 0. The molecule has 0 aliphatic rings. The maximum absolute atomic E-state index is 12.2. The largest absolute Gasteiger partial charge is 0.496 e. The van der Waals surface area contributed by atoms with Crippen molar-refractivity contribution in [3.8, 4) is 5.75 Å². The van der Waals surface area contributed by atoms with E-state index in [9.17, 15) is 4.79 Å². The minimum Gasteiger partial charge on any atom is -0.496 e. The minimum absolute atomic E-state index is 0.185. The van der Waals surface area contributed by atoms with Gasteiger partial charge in [-0.2, -0.15) is 0 Å². The highest BCUT2D eigenvalue weighted by Crippen LogP contribution is 2.31. The molecule has 0 saturated heterocycles. The van der Waals surface area contributed by atoms with Crippen molar-refractivity contribution >= 4 is 22.4 Å². The molecule has 0 bridgehead atoms. The normalized spacial score (nSPS) is 11.4. The van der Waals surface area contributed by atoms with E-state index >= 15 is 0 Å². The van der Waals surface area contributed by atoms with E-state index in [4.69, 9.17) is 9.47 Å². The van der Waals surface area contributed by atoms with Gasteiger partial charge in [-0.05, 0) is 26.0 Å². The van der Waals surface area contributed by atoms with Gasteiger partial charge in [-0.3, -0.25) is 4.79 Å². The van der Waals surface area contributed by atoms with Crippen LogP contribution in [0.15, 0.2) is 36.4 Å². The Morgan fingerprint density at radius 2 is 1.70 bits per heavy atom. The van der Waals surface area contributed by atoms with Gasteiger partial charge in [-0.1, -0.05) is 24.3 Å². The molecule has 106 valence electrons. The number of amides is 1. The van der Waals surface area contributed by atoms with Gasteiger partial charge in [0.2, 0.25) is 0 Å². The van der Waals surface area contributed by atoms with Crippen LogP contribution in [0.5, 0.6) is 5.75 Å². The first-order chi connectivity index (χ1) is 9.49. The summed E-state index contributed by atoms with van der Waals surface area (Å²) < 4.78 is 10.5. The van der Waals surface area contributed by atoms with E-state index in [1.165, 1.54) is 7.11 Å². The predicted molar refractivity (Wildman–Crippen MR) is 80.2 cm³/mol. The Morgan fingerprint density at radius 1 is 1.05 bits per heavy atom. The maximum atomic E-state index is 12.2. The maximum Gasteiger partial charge on any atom is 0.256 e. The van der Waals surface area contributed by atoms with Crippen molar-refractivity contribution in [2.75, 3.05) is 19.5 Å². The Hall–Kier alpha value is -2.07. The first kappa shape index (κ1) is 14.3. The lowest BCUT2D eigenvalue weighted by Crippen LogP contribution is -2.38. The number of hydrogen-bond acceptors (Lipinski definition) is 3. The molecule has 0 saturated carbocycles. The number of methoxy groups -OCH3 is 2. The lowest BCUT2D eigenvalue weighted by molar-refractivity contribution is -0.133. The lowest BCUT2D eigenvalue weighted by Gasteiger charge is -2.22. The Balaban J connectivity index is 2.44. The molecule has 2 aromatic rings. The fraction of sp³-hybridized carbons (Fsp3) is 0.312. The molecule has 0 aromatic heterocycles. The highest BCUT2D eigenvalue weighted by molar-refractivity contribution is 6.06. The molecule has 0 radical (unpaired) electrons. The van der Waals surface area contributed by atoms with Gasteiger partial charge >= 0.3 is 0 Å². The highest BCUT2D eigenvalue weighted by Gasteiger charge is 2.27. The Labute approximate surface area is 118 Å². The standard InChI is InChI=1S/C16H19NO3/c1-16(2,20-4)15(18)17-13-9-10-14(19-3)12-8-6-5-7-11(12)13/h5-10H,1-4H3,(H,17,18). The van der Waals surface area contributed by atoms with Gasteiger partial charge in [-0.25, -0.2) is 0 Å². The number of carbonyl (C=O) groups excluding carboxylic acids is 1. The molecule has 20 heavy (non-hydrogen) atoms. The zero-order valence-electron chi connectivity index (χ0n) is 12.2. The molecule has 2 rings (SSSR count). The summed E-state index contributed by atoms with van der Waals surface area (Å²) in [5, 5.41) is 4.81. The number of ether oxygens (including phenoxy) is 2. The van der Waals surface area contributed by atoms with Gasteiger partial charge in [0, 0.05) is 23.6 Å². The first-order valence-electron chi connectivity index (χ1n) is 6.42. The molecule has 0 atom stereocenters. The number of hydrogen-bond donors (Lipinski definition) is 1. The monoisotopic (exact) mass is 273 g/mol. The van der Waals surface area contributed by atoms with Crippen molar-refractivity contribution in [1.82, 2.24) is 0 Å². The molecular formula is C16H19NO3. The third-order valence-corrected chi connectivity index (χ3v) is 3.41. The second-order valence-electron chi connectivity index (χ2n) is 5.03. The fourth-order valence-electron chi connectivity index (χ4n) is 1.92. The molecule has 0 unspecified atom stereocenters. The van der Waals surface area contributed by atoms with Gasteiger partial charge in [-0.15, -0.1) is 0 Å². The van der Waals surface area contributed by atoms with Crippen molar-refractivity contribution in [3.63, 3.8) is 0 Å². The van der Waals surface area contributed by atoms with Gasteiger partial charge in [0.1, 0.15) is 11.4 Å². The van der Waals surface area contributed by atoms with Crippen LogP contribution in [0.1, 0.15) is 13.8 Å². The van der Waals surface area contributed by atoms with E-state index in [0.717, 1.165) is 22.2 Å². The van der Waals surface area contributed by atoms with E-state index in [-0.39, 0.29) is 5.91 Å². The van der Waals surface area contributed by atoms with Crippen LogP contribution in [0.25, 0.3) is 10.8 Å². The quantitative estimate of drug-likeness (QED) is 0.930. The number of fused-ring (bicyclic) bond motifs is 1. The smallest absolute Gasteiger partial charge is 0.256 e. The van der Waals surface area contributed by atoms with Crippen molar-refractivity contribution in [3.05, 3.63) is 36.4 Å². The number of rotatable bonds is 4. The number of benzene rings is 2. The third kappa shape index (κ3) is 2.60. The molecule has 1 N–H and O–H groups in total. The van der Waals surface area contributed by atoms with Crippen LogP contribution in [0.4, 0.5) is 5.69 Å². The SMILES string of the molecule is COc1ccc(NC(=O)C(C)(C)OC)c2ccccc12. The summed E-state index contributed by atoms with van der Waals surface area (Å²) in [5.74, 6) is 0.597. The highest BCUT2D eigenvalue weighted by atomic mass is 16.5. The van der Waals surface area contributed by atoms with Crippen molar-refractivity contribution in [1.29, 1.82) is 0 Å². The zero-order valence-corrected chi connectivity index (χ0v) is 12.2. The minimum atomic E-state index is -0.874. The summed E-state index contributed by atoms with van der Waals surface area (Å²) in [6.45, 7) is 3.46. The Kier molecular flexibility index (Phi) is 3.95. The molecule has 4 nitrogen and oxygen atoms in total. The first-order valence-corrected chi connectivity index (χ1v) is 6.42. The van der Waals surface area contributed by atoms with Crippen molar-refractivity contribution < 1.29 is 14.3 Å². The summed E-state index contributed by atoms with van der Waals surface area (Å²) in [4.78, 5) is 12.2. The van der Waals surface area contributed by atoms with Gasteiger partial charge in [0.05, 0.1) is 7.11 Å². The molecule has 0 heterocycles. The van der Waals surface area contributed by atoms with Crippen LogP contribution in [0, 0.1) is 0 Å². The molecule has 2 aromatic carbocycles. The summed E-state index contributed by atoms with van der Waals surface area (Å²) in [5.41, 5.74) is -0.127. The van der Waals surface area contributed by atoms with E-state index < -0.39 is 5.60 Å². The topological polar surface area (TPSA) is 47.6 Å². The molecule has 0 fully saturated rings. The summed E-state index contributed by atoms with van der Waals surface area (Å²) in [6, 6.07) is 11.5. The molecule has 0 aliphatic carbocycles. The molecule has 0 aliphatic heterocycles. The molecule has 1 amide bonds. The summed E-state index contributed by atoms with van der Waals surface area (Å²) in [7, 11) is 3.15. The van der Waals surface area contributed by atoms with Crippen LogP contribution < -0.4 is 10.1 Å². The van der Waals surface area contributed by atoms with E-state index in [1.807, 2.05) is 36.4 Å². The average Bonchev–Trinajstić information content (AvgIpc) is 2.47. The van der Waals surface area contributed by atoms with Gasteiger partial charge in [0.15, 0.2) is 0 Å². The van der Waals surface area contributed by atoms with Crippen LogP contribution in [-0.4, -0.2) is 25.7 Å². The van der Waals surface area contributed by atoms with Gasteiger partial charge < -0.3 is 14.8 Å². The van der Waals surface area contributed by atoms with Crippen molar-refractivity contribution in [2.24, 2.45) is 0 Å². The number of nitrogens with one attached hydrogen (secondary N) is 1. The van der Waals surface area contributed by atoms with Crippen LogP contribution in [0.2, 0.25) is 0 Å². The predicted octanol–water partition coefficient (Wildman–Crippen LogP) is 3.21. The Bertz CT molecular complexity index is 635. The summed E-state index contributed by atoms with van der Waals surface area (Å²) >= 11 is 0. The second kappa shape index (κ2) is 5.51. The van der Waals surface area contributed by atoms with Crippen LogP contribution in [0.3, 0.4) is 0 Å². The molecular weight excluding hydrogens is 254 g/mol. The second-order valence-corrected chi connectivity index (χ2v) is 5.03. The van der Waals surface area contributed by atoms with E-state index in [1.54, 1.807) is 21.0 Å². The third-order valence-electron chi connectivity index (χ3n) is 3.41. The average molecular weight is 273 g/mol. The van der Waals surface area contributed by atoms with Crippen molar-refractivity contribution in [2.45, 2.75) is 19.4 Å².